The summed E-state index contributed by atoms with van der Waals surface area (Å²) in [5.74, 6) is -1.40. The van der Waals surface area contributed by atoms with Crippen molar-refractivity contribution in [3.05, 3.63) is 29.6 Å². The van der Waals surface area contributed by atoms with Gasteiger partial charge in [0, 0.05) is 6.20 Å². The third-order valence-corrected chi connectivity index (χ3v) is 2.59. The summed E-state index contributed by atoms with van der Waals surface area (Å²) in [6, 6.07) is 3.10. The van der Waals surface area contributed by atoms with Crippen molar-refractivity contribution in [3.63, 3.8) is 0 Å². The molecule has 0 saturated carbocycles. The molecule has 7 heteroatoms. The third kappa shape index (κ3) is 4.55. The highest BCUT2D eigenvalue weighted by Gasteiger charge is 2.30. The number of aliphatic carboxylic acids is 1. The van der Waals surface area contributed by atoms with E-state index in [1.165, 1.54) is 0 Å². The Morgan fingerprint density at radius 3 is 2.68 bits per heavy atom. The van der Waals surface area contributed by atoms with Gasteiger partial charge in [-0.1, -0.05) is 6.07 Å². The normalized spacial score (nSPS) is 13.4. The van der Waals surface area contributed by atoms with E-state index in [0.717, 1.165) is 18.2 Å². The van der Waals surface area contributed by atoms with Crippen LogP contribution in [0.15, 0.2) is 18.3 Å². The first-order valence-electron chi connectivity index (χ1n) is 5.71. The van der Waals surface area contributed by atoms with Crippen molar-refractivity contribution in [3.8, 4) is 0 Å². The molecule has 0 bridgehead atoms. The molecule has 7 nitrogen and oxygen atoms in total. The fourth-order valence-electron chi connectivity index (χ4n) is 1.26. The smallest absolute Gasteiger partial charge is 0.337 e. The molecule has 1 unspecified atom stereocenters. The SMILES string of the molecule is Cc1cccnc1CNC(=O)NCC(C)(O)C(=O)O. The zero-order valence-electron chi connectivity index (χ0n) is 10.8. The van der Waals surface area contributed by atoms with Crippen LogP contribution >= 0.6 is 0 Å². The Hall–Kier alpha value is -2.15. The molecule has 1 heterocycles. The molecule has 19 heavy (non-hydrogen) atoms. The first-order valence-corrected chi connectivity index (χ1v) is 5.71. The van der Waals surface area contributed by atoms with E-state index in [-0.39, 0.29) is 13.1 Å². The minimum absolute atomic E-state index is 0.230. The average Bonchev–Trinajstić information content (AvgIpc) is 2.35. The molecule has 1 atom stereocenters. The predicted octanol–water partition coefficient (Wildman–Crippen LogP) is 0.0248. The van der Waals surface area contributed by atoms with E-state index in [2.05, 4.69) is 15.6 Å². The molecule has 1 aromatic heterocycles. The summed E-state index contributed by atoms with van der Waals surface area (Å²) in [5.41, 5.74) is -0.318. The Labute approximate surface area is 110 Å². The highest BCUT2D eigenvalue weighted by molar-refractivity contribution is 5.79. The van der Waals surface area contributed by atoms with Crippen molar-refractivity contribution in [1.29, 1.82) is 0 Å². The zero-order chi connectivity index (χ0) is 14.5. The number of rotatable bonds is 5. The van der Waals surface area contributed by atoms with Crippen LogP contribution in [0.1, 0.15) is 18.2 Å². The predicted molar refractivity (Wildman–Crippen MR) is 67.5 cm³/mol. The molecule has 4 N–H and O–H groups in total. The van der Waals surface area contributed by atoms with Gasteiger partial charge in [0.2, 0.25) is 0 Å². The van der Waals surface area contributed by atoms with E-state index in [1.54, 1.807) is 12.3 Å². The van der Waals surface area contributed by atoms with Gasteiger partial charge in [-0.15, -0.1) is 0 Å². The molecule has 0 radical (unpaired) electrons. The molecule has 0 fully saturated rings. The van der Waals surface area contributed by atoms with Crippen LogP contribution in [0.25, 0.3) is 0 Å². The summed E-state index contributed by atoms with van der Waals surface area (Å²) < 4.78 is 0. The van der Waals surface area contributed by atoms with Gasteiger partial charge in [0.05, 0.1) is 18.8 Å². The maximum absolute atomic E-state index is 11.4. The van der Waals surface area contributed by atoms with E-state index in [0.29, 0.717) is 0 Å². The van der Waals surface area contributed by atoms with E-state index < -0.39 is 17.6 Å². The highest BCUT2D eigenvalue weighted by Crippen LogP contribution is 2.02. The lowest BCUT2D eigenvalue weighted by atomic mass is 10.1. The molecular formula is C12H17N3O4. The lowest BCUT2D eigenvalue weighted by molar-refractivity contribution is -0.155. The van der Waals surface area contributed by atoms with Crippen LogP contribution < -0.4 is 10.6 Å². The number of aliphatic hydroxyl groups is 1. The summed E-state index contributed by atoms with van der Waals surface area (Å²) in [5, 5.41) is 22.9. The molecule has 0 aromatic carbocycles. The van der Waals surface area contributed by atoms with Crippen LogP contribution in [0.3, 0.4) is 0 Å². The molecule has 0 spiro atoms. The fourth-order valence-corrected chi connectivity index (χ4v) is 1.26. The van der Waals surface area contributed by atoms with Gasteiger partial charge in [0.25, 0.3) is 0 Å². The lowest BCUT2D eigenvalue weighted by Gasteiger charge is -2.18. The second-order valence-corrected chi connectivity index (χ2v) is 4.38. The van der Waals surface area contributed by atoms with Gasteiger partial charge < -0.3 is 20.8 Å². The van der Waals surface area contributed by atoms with E-state index in [9.17, 15) is 14.7 Å². The van der Waals surface area contributed by atoms with Crippen molar-refractivity contribution >= 4 is 12.0 Å². The number of carbonyl (C=O) groups is 2. The first-order chi connectivity index (χ1) is 8.83. The Kier molecular flexibility index (Phi) is 4.82. The Balaban J connectivity index is 2.41. The van der Waals surface area contributed by atoms with Gasteiger partial charge in [-0.2, -0.15) is 0 Å². The van der Waals surface area contributed by atoms with Gasteiger partial charge in [0.15, 0.2) is 5.60 Å². The number of carbonyl (C=O) groups excluding carboxylic acids is 1. The van der Waals surface area contributed by atoms with Crippen molar-refractivity contribution < 1.29 is 19.8 Å². The fraction of sp³-hybridized carbons (Fsp3) is 0.417. The topological polar surface area (TPSA) is 112 Å². The molecule has 0 saturated heterocycles. The number of hydrogen-bond acceptors (Lipinski definition) is 4. The summed E-state index contributed by atoms with van der Waals surface area (Å²) >= 11 is 0. The second kappa shape index (κ2) is 6.14. The van der Waals surface area contributed by atoms with Gasteiger partial charge in [-0.05, 0) is 25.5 Å². The number of hydrogen-bond donors (Lipinski definition) is 4. The summed E-state index contributed by atoms with van der Waals surface area (Å²) in [6.07, 6.45) is 1.62. The van der Waals surface area contributed by atoms with E-state index in [1.807, 2.05) is 13.0 Å². The van der Waals surface area contributed by atoms with E-state index in [4.69, 9.17) is 5.11 Å². The van der Waals surface area contributed by atoms with Crippen LogP contribution in [0.5, 0.6) is 0 Å². The van der Waals surface area contributed by atoms with Crippen LogP contribution in [-0.4, -0.2) is 39.3 Å². The average molecular weight is 267 g/mol. The Bertz CT molecular complexity index is 474. The number of nitrogens with one attached hydrogen (secondary N) is 2. The largest absolute Gasteiger partial charge is 0.479 e. The van der Waals surface area contributed by atoms with E-state index >= 15 is 0 Å². The number of urea groups is 1. The Morgan fingerprint density at radius 2 is 2.11 bits per heavy atom. The number of carboxylic acids is 1. The molecule has 1 rings (SSSR count). The molecular weight excluding hydrogens is 250 g/mol. The zero-order valence-corrected chi connectivity index (χ0v) is 10.8. The van der Waals surface area contributed by atoms with Crippen molar-refractivity contribution in [2.75, 3.05) is 6.54 Å². The highest BCUT2D eigenvalue weighted by atomic mass is 16.4. The van der Waals surface area contributed by atoms with Crippen LogP contribution in [0.2, 0.25) is 0 Å². The quantitative estimate of drug-likeness (QED) is 0.601. The number of aryl methyl sites for hydroxylation is 1. The Morgan fingerprint density at radius 1 is 1.42 bits per heavy atom. The molecule has 2 amide bonds. The maximum Gasteiger partial charge on any atom is 0.337 e. The van der Waals surface area contributed by atoms with Crippen LogP contribution in [-0.2, 0) is 11.3 Å². The second-order valence-electron chi connectivity index (χ2n) is 4.38. The van der Waals surface area contributed by atoms with Gasteiger partial charge in [-0.25, -0.2) is 9.59 Å². The number of aromatic nitrogens is 1. The minimum Gasteiger partial charge on any atom is -0.479 e. The first kappa shape index (κ1) is 14.9. The monoisotopic (exact) mass is 267 g/mol. The van der Waals surface area contributed by atoms with Gasteiger partial charge >= 0.3 is 12.0 Å². The maximum atomic E-state index is 11.4. The number of carboxylic acid groups (broad SMARTS) is 1. The molecule has 0 aliphatic rings. The van der Waals surface area contributed by atoms with Crippen molar-refractivity contribution in [2.24, 2.45) is 0 Å². The molecule has 1 aromatic rings. The number of pyridine rings is 1. The molecule has 104 valence electrons. The van der Waals surface area contributed by atoms with Crippen molar-refractivity contribution in [1.82, 2.24) is 15.6 Å². The van der Waals surface area contributed by atoms with Crippen LogP contribution in [0.4, 0.5) is 4.79 Å². The summed E-state index contributed by atoms with van der Waals surface area (Å²) in [7, 11) is 0. The third-order valence-electron chi connectivity index (χ3n) is 2.59. The van der Waals surface area contributed by atoms with Crippen LogP contribution in [0, 0.1) is 6.92 Å². The molecule has 0 aliphatic heterocycles. The van der Waals surface area contributed by atoms with Crippen molar-refractivity contribution in [2.45, 2.75) is 26.0 Å². The summed E-state index contributed by atoms with van der Waals surface area (Å²) in [6.45, 7) is 2.83. The summed E-state index contributed by atoms with van der Waals surface area (Å²) in [4.78, 5) is 26.2. The standard InChI is InChI=1S/C12H17N3O4/c1-8-4-3-5-13-9(8)6-14-11(18)15-7-12(2,19)10(16)17/h3-5,19H,6-7H2,1-2H3,(H,16,17)(H2,14,15,18). The van der Waals surface area contributed by atoms with Gasteiger partial charge in [0.1, 0.15) is 0 Å². The minimum atomic E-state index is -1.99. The van der Waals surface area contributed by atoms with Gasteiger partial charge in [-0.3, -0.25) is 4.98 Å². The lowest BCUT2D eigenvalue weighted by Crippen LogP contribution is -2.49. The number of nitrogens with zero attached hydrogens (tertiary/aromatic N) is 1. The number of amides is 2. The molecule has 0 aliphatic carbocycles.